The molecule has 0 spiro atoms. The molecule has 23 heavy (non-hydrogen) atoms. The number of benzene rings is 3. The molecule has 1 nitrogen and oxygen atoms in total. The van der Waals surface area contributed by atoms with Crippen LogP contribution in [0.4, 0.5) is 5.69 Å². The molecule has 0 radical (unpaired) electrons. The summed E-state index contributed by atoms with van der Waals surface area (Å²) in [6.45, 7) is 0. The third-order valence-corrected chi connectivity index (χ3v) is 3.90. The van der Waals surface area contributed by atoms with E-state index in [1.165, 1.54) is 27.9 Å². The SMILES string of the molecule is CN(C)c1ccc(/C=C/c2ccc(-c3ccccc3)cc2)cc1. The lowest BCUT2D eigenvalue weighted by Gasteiger charge is -2.11. The zero-order valence-electron chi connectivity index (χ0n) is 13.6. The highest BCUT2D eigenvalue weighted by Crippen LogP contribution is 2.20. The second kappa shape index (κ2) is 6.97. The number of nitrogens with zero attached hydrogens (tertiary/aromatic N) is 1. The standard InChI is InChI=1S/C22H21N/c1-23(2)22-16-12-19(13-17-22)9-8-18-10-14-21(15-11-18)20-6-4-3-5-7-20/h3-17H,1-2H3/b9-8+. The lowest BCUT2D eigenvalue weighted by atomic mass is 10.0. The van der Waals surface area contributed by atoms with Crippen LogP contribution in [-0.4, -0.2) is 14.1 Å². The fourth-order valence-electron chi connectivity index (χ4n) is 2.49. The molecule has 3 aromatic carbocycles. The largest absolute Gasteiger partial charge is 0.378 e. The second-order valence-electron chi connectivity index (χ2n) is 5.81. The monoisotopic (exact) mass is 299 g/mol. The van der Waals surface area contributed by atoms with Crippen molar-refractivity contribution in [3.8, 4) is 11.1 Å². The summed E-state index contributed by atoms with van der Waals surface area (Å²) in [6.07, 6.45) is 4.30. The fourth-order valence-corrected chi connectivity index (χ4v) is 2.49. The van der Waals surface area contributed by atoms with Crippen molar-refractivity contribution >= 4 is 17.8 Å². The van der Waals surface area contributed by atoms with Gasteiger partial charge >= 0.3 is 0 Å². The summed E-state index contributed by atoms with van der Waals surface area (Å²) in [7, 11) is 4.11. The Morgan fingerprint density at radius 1 is 0.565 bits per heavy atom. The average molecular weight is 299 g/mol. The maximum atomic E-state index is 2.17. The molecule has 0 unspecified atom stereocenters. The number of rotatable bonds is 4. The first-order valence-corrected chi connectivity index (χ1v) is 7.83. The lowest BCUT2D eigenvalue weighted by molar-refractivity contribution is 1.13. The molecular weight excluding hydrogens is 278 g/mol. The number of anilines is 1. The highest BCUT2D eigenvalue weighted by atomic mass is 15.1. The summed E-state index contributed by atoms with van der Waals surface area (Å²) >= 11 is 0. The summed E-state index contributed by atoms with van der Waals surface area (Å²) in [4.78, 5) is 2.11. The minimum Gasteiger partial charge on any atom is -0.378 e. The van der Waals surface area contributed by atoms with Crippen LogP contribution in [0.15, 0.2) is 78.9 Å². The zero-order valence-corrected chi connectivity index (χ0v) is 13.6. The average Bonchev–Trinajstić information content (AvgIpc) is 2.61. The van der Waals surface area contributed by atoms with Crippen LogP contribution in [0.25, 0.3) is 23.3 Å². The van der Waals surface area contributed by atoms with Gasteiger partial charge < -0.3 is 4.90 Å². The van der Waals surface area contributed by atoms with Gasteiger partial charge in [-0.05, 0) is 34.4 Å². The van der Waals surface area contributed by atoms with Crippen LogP contribution in [-0.2, 0) is 0 Å². The molecule has 0 saturated heterocycles. The van der Waals surface area contributed by atoms with E-state index in [1.807, 2.05) is 6.07 Å². The quantitative estimate of drug-likeness (QED) is 0.568. The van der Waals surface area contributed by atoms with Crippen LogP contribution in [0.1, 0.15) is 11.1 Å². The topological polar surface area (TPSA) is 3.24 Å². The summed E-state index contributed by atoms with van der Waals surface area (Å²) in [5.74, 6) is 0. The highest BCUT2D eigenvalue weighted by Gasteiger charge is 1.96. The normalized spacial score (nSPS) is 10.9. The Kier molecular flexibility index (Phi) is 4.58. The van der Waals surface area contributed by atoms with Gasteiger partial charge in [-0.1, -0.05) is 78.9 Å². The minimum atomic E-state index is 1.21. The summed E-state index contributed by atoms with van der Waals surface area (Å²) in [6, 6.07) is 27.7. The third-order valence-electron chi connectivity index (χ3n) is 3.90. The predicted octanol–water partition coefficient (Wildman–Crippen LogP) is 5.59. The molecule has 114 valence electrons. The zero-order chi connectivity index (χ0) is 16.1. The summed E-state index contributed by atoms with van der Waals surface area (Å²) in [5.41, 5.74) is 6.14. The van der Waals surface area contributed by atoms with Crippen LogP contribution >= 0.6 is 0 Å². The van der Waals surface area contributed by atoms with E-state index in [4.69, 9.17) is 0 Å². The molecule has 0 aliphatic carbocycles. The molecule has 0 N–H and O–H groups in total. The van der Waals surface area contributed by atoms with Gasteiger partial charge in [-0.3, -0.25) is 0 Å². The Morgan fingerprint density at radius 3 is 1.57 bits per heavy atom. The van der Waals surface area contributed by atoms with Gasteiger partial charge in [0, 0.05) is 19.8 Å². The molecular formula is C22H21N. The first-order chi connectivity index (χ1) is 11.2. The molecule has 0 heterocycles. The van der Waals surface area contributed by atoms with E-state index in [0.717, 1.165) is 0 Å². The van der Waals surface area contributed by atoms with Gasteiger partial charge in [0.15, 0.2) is 0 Å². The van der Waals surface area contributed by atoms with Gasteiger partial charge in [-0.15, -0.1) is 0 Å². The highest BCUT2D eigenvalue weighted by molar-refractivity contribution is 5.72. The van der Waals surface area contributed by atoms with Gasteiger partial charge in [0.1, 0.15) is 0 Å². The Bertz CT molecular complexity index is 766. The number of hydrogen-bond acceptors (Lipinski definition) is 1. The summed E-state index contributed by atoms with van der Waals surface area (Å²) < 4.78 is 0. The third kappa shape index (κ3) is 3.89. The maximum Gasteiger partial charge on any atom is 0.0361 e. The Morgan fingerprint density at radius 2 is 1.04 bits per heavy atom. The van der Waals surface area contributed by atoms with E-state index < -0.39 is 0 Å². The molecule has 0 aliphatic rings. The molecule has 1 heteroatoms. The van der Waals surface area contributed by atoms with Gasteiger partial charge in [0.2, 0.25) is 0 Å². The molecule has 3 rings (SSSR count). The van der Waals surface area contributed by atoms with Crippen molar-refractivity contribution < 1.29 is 0 Å². The second-order valence-corrected chi connectivity index (χ2v) is 5.81. The molecule has 0 atom stereocenters. The Labute approximate surface area is 138 Å². The van der Waals surface area contributed by atoms with Crippen LogP contribution < -0.4 is 4.90 Å². The van der Waals surface area contributed by atoms with E-state index in [9.17, 15) is 0 Å². The maximum absolute atomic E-state index is 2.17. The van der Waals surface area contributed by atoms with E-state index in [1.54, 1.807) is 0 Å². The molecule has 0 amide bonds. The van der Waals surface area contributed by atoms with Crippen LogP contribution in [0.5, 0.6) is 0 Å². The van der Waals surface area contributed by atoms with Crippen LogP contribution in [0, 0.1) is 0 Å². The van der Waals surface area contributed by atoms with Crippen molar-refractivity contribution in [2.75, 3.05) is 19.0 Å². The molecule has 0 saturated carbocycles. The molecule has 3 aromatic rings. The fraction of sp³-hybridized carbons (Fsp3) is 0.0909. The molecule has 0 bridgehead atoms. The Balaban J connectivity index is 1.73. The molecule has 0 aliphatic heterocycles. The van der Waals surface area contributed by atoms with E-state index in [2.05, 4.69) is 104 Å². The first-order valence-electron chi connectivity index (χ1n) is 7.83. The molecule has 0 fully saturated rings. The van der Waals surface area contributed by atoms with E-state index in [0.29, 0.717) is 0 Å². The van der Waals surface area contributed by atoms with Gasteiger partial charge in [0.05, 0.1) is 0 Å². The van der Waals surface area contributed by atoms with Gasteiger partial charge in [0.25, 0.3) is 0 Å². The summed E-state index contributed by atoms with van der Waals surface area (Å²) in [5, 5.41) is 0. The number of hydrogen-bond donors (Lipinski definition) is 0. The van der Waals surface area contributed by atoms with Gasteiger partial charge in [-0.2, -0.15) is 0 Å². The first kappa shape index (κ1) is 15.1. The van der Waals surface area contributed by atoms with Crippen molar-refractivity contribution in [3.05, 3.63) is 90.0 Å². The van der Waals surface area contributed by atoms with E-state index in [-0.39, 0.29) is 0 Å². The van der Waals surface area contributed by atoms with Crippen molar-refractivity contribution in [3.63, 3.8) is 0 Å². The lowest BCUT2D eigenvalue weighted by Crippen LogP contribution is -2.07. The van der Waals surface area contributed by atoms with Crippen LogP contribution in [0.2, 0.25) is 0 Å². The van der Waals surface area contributed by atoms with Crippen LogP contribution in [0.3, 0.4) is 0 Å². The van der Waals surface area contributed by atoms with Crippen molar-refractivity contribution in [1.29, 1.82) is 0 Å². The molecule has 0 aromatic heterocycles. The minimum absolute atomic E-state index is 1.21. The smallest absolute Gasteiger partial charge is 0.0361 e. The van der Waals surface area contributed by atoms with Gasteiger partial charge in [-0.25, -0.2) is 0 Å². The Hall–Kier alpha value is -2.80. The van der Waals surface area contributed by atoms with Crippen molar-refractivity contribution in [2.45, 2.75) is 0 Å². The van der Waals surface area contributed by atoms with Crippen molar-refractivity contribution in [1.82, 2.24) is 0 Å². The van der Waals surface area contributed by atoms with Crippen molar-refractivity contribution in [2.24, 2.45) is 0 Å². The predicted molar refractivity (Wildman–Crippen MR) is 102 cm³/mol. The van der Waals surface area contributed by atoms with E-state index >= 15 is 0 Å².